The molecule has 1 heterocycles. The summed E-state index contributed by atoms with van der Waals surface area (Å²) in [6.45, 7) is 2.03. The number of hydrogen-bond acceptors (Lipinski definition) is 4. The number of nitrogens with one attached hydrogen (secondary N) is 1. The van der Waals surface area contributed by atoms with Gasteiger partial charge < -0.3 is 15.8 Å². The van der Waals surface area contributed by atoms with Crippen molar-refractivity contribution in [3.05, 3.63) is 53.9 Å². The summed E-state index contributed by atoms with van der Waals surface area (Å²) in [6, 6.07) is 10.6. The lowest BCUT2D eigenvalue weighted by molar-refractivity contribution is 0.100. The summed E-state index contributed by atoms with van der Waals surface area (Å²) in [6.07, 6.45) is 1.67. The molecule has 1 atom stereocenters. The molecule has 5 heteroatoms. The van der Waals surface area contributed by atoms with E-state index in [0.717, 1.165) is 5.69 Å². The third-order valence-corrected chi connectivity index (χ3v) is 3.01. The normalized spacial score (nSPS) is 11.9. The summed E-state index contributed by atoms with van der Waals surface area (Å²) >= 11 is 0. The van der Waals surface area contributed by atoms with Gasteiger partial charge in [0, 0.05) is 11.6 Å². The zero-order valence-corrected chi connectivity index (χ0v) is 11.5. The molecule has 0 radical (unpaired) electrons. The SMILES string of the molecule is CNC(C)c1ccc(Oc2ccc(C(N)=O)cc2)cn1. The molecule has 2 rings (SSSR count). The molecule has 104 valence electrons. The number of ether oxygens (including phenoxy) is 1. The van der Waals surface area contributed by atoms with E-state index in [9.17, 15) is 4.79 Å². The molecule has 0 spiro atoms. The van der Waals surface area contributed by atoms with Crippen LogP contribution in [0, 0.1) is 0 Å². The molecule has 20 heavy (non-hydrogen) atoms. The largest absolute Gasteiger partial charge is 0.456 e. The summed E-state index contributed by atoms with van der Waals surface area (Å²) in [5.41, 5.74) is 6.58. The predicted molar refractivity (Wildman–Crippen MR) is 76.7 cm³/mol. The van der Waals surface area contributed by atoms with Gasteiger partial charge in [0.1, 0.15) is 11.5 Å². The van der Waals surface area contributed by atoms with Gasteiger partial charge in [-0.1, -0.05) is 0 Å². The monoisotopic (exact) mass is 271 g/mol. The standard InChI is InChI=1S/C15H17N3O2/c1-10(17-2)14-8-7-13(9-18-14)20-12-5-3-11(4-6-12)15(16)19/h3-10,17H,1-2H3,(H2,16,19). The minimum Gasteiger partial charge on any atom is -0.456 e. The number of nitrogens with two attached hydrogens (primary N) is 1. The van der Waals surface area contributed by atoms with Crippen molar-refractivity contribution < 1.29 is 9.53 Å². The van der Waals surface area contributed by atoms with Gasteiger partial charge in [-0.05, 0) is 50.4 Å². The van der Waals surface area contributed by atoms with Crippen LogP contribution in [0.15, 0.2) is 42.6 Å². The van der Waals surface area contributed by atoms with Crippen LogP contribution in [0.25, 0.3) is 0 Å². The number of carbonyl (C=O) groups excluding carboxylic acids is 1. The second-order valence-electron chi connectivity index (χ2n) is 4.42. The molecule has 1 unspecified atom stereocenters. The lowest BCUT2D eigenvalue weighted by Gasteiger charge is -2.10. The lowest BCUT2D eigenvalue weighted by atomic mass is 10.2. The Morgan fingerprint density at radius 1 is 1.20 bits per heavy atom. The molecular weight excluding hydrogens is 254 g/mol. The highest BCUT2D eigenvalue weighted by molar-refractivity contribution is 5.92. The lowest BCUT2D eigenvalue weighted by Crippen LogP contribution is -2.13. The molecular formula is C15H17N3O2. The number of hydrogen-bond donors (Lipinski definition) is 2. The topological polar surface area (TPSA) is 77.2 Å². The van der Waals surface area contributed by atoms with Crippen LogP contribution in [0.5, 0.6) is 11.5 Å². The highest BCUT2D eigenvalue weighted by Crippen LogP contribution is 2.22. The van der Waals surface area contributed by atoms with Crippen molar-refractivity contribution in [2.24, 2.45) is 5.73 Å². The summed E-state index contributed by atoms with van der Waals surface area (Å²) in [5, 5.41) is 3.12. The van der Waals surface area contributed by atoms with Crippen molar-refractivity contribution in [2.45, 2.75) is 13.0 Å². The van der Waals surface area contributed by atoms with E-state index in [0.29, 0.717) is 17.1 Å². The van der Waals surface area contributed by atoms with Gasteiger partial charge in [0.25, 0.3) is 0 Å². The molecule has 1 amide bonds. The highest BCUT2D eigenvalue weighted by Gasteiger charge is 2.05. The molecule has 0 saturated heterocycles. The second kappa shape index (κ2) is 6.16. The number of rotatable bonds is 5. The van der Waals surface area contributed by atoms with E-state index in [1.54, 1.807) is 30.5 Å². The maximum atomic E-state index is 11.0. The molecule has 0 fully saturated rings. The molecule has 0 bridgehead atoms. The number of benzene rings is 1. The fraction of sp³-hybridized carbons (Fsp3) is 0.200. The van der Waals surface area contributed by atoms with Crippen molar-refractivity contribution in [2.75, 3.05) is 7.05 Å². The number of pyridine rings is 1. The van der Waals surface area contributed by atoms with E-state index < -0.39 is 5.91 Å². The Balaban J connectivity index is 2.08. The first-order valence-corrected chi connectivity index (χ1v) is 6.31. The van der Waals surface area contributed by atoms with Crippen molar-refractivity contribution in [1.29, 1.82) is 0 Å². The second-order valence-corrected chi connectivity index (χ2v) is 4.42. The first-order valence-electron chi connectivity index (χ1n) is 6.31. The van der Waals surface area contributed by atoms with Gasteiger partial charge in [-0.3, -0.25) is 9.78 Å². The van der Waals surface area contributed by atoms with Crippen molar-refractivity contribution in [3.8, 4) is 11.5 Å². The number of primary amides is 1. The number of nitrogens with zero attached hydrogens (tertiary/aromatic N) is 1. The molecule has 0 aliphatic carbocycles. The first kappa shape index (κ1) is 14.0. The first-order chi connectivity index (χ1) is 9.60. The van der Waals surface area contributed by atoms with E-state index in [1.807, 2.05) is 26.1 Å². The highest BCUT2D eigenvalue weighted by atomic mass is 16.5. The Morgan fingerprint density at radius 2 is 1.85 bits per heavy atom. The minimum absolute atomic E-state index is 0.193. The molecule has 5 nitrogen and oxygen atoms in total. The molecule has 0 aliphatic rings. The van der Waals surface area contributed by atoms with Crippen molar-refractivity contribution >= 4 is 5.91 Å². The van der Waals surface area contributed by atoms with Gasteiger partial charge in [-0.25, -0.2) is 0 Å². The van der Waals surface area contributed by atoms with Gasteiger partial charge in [-0.15, -0.1) is 0 Å². The van der Waals surface area contributed by atoms with Crippen LogP contribution < -0.4 is 15.8 Å². The van der Waals surface area contributed by atoms with E-state index >= 15 is 0 Å². The predicted octanol–water partition coefficient (Wildman–Crippen LogP) is 2.25. The van der Waals surface area contributed by atoms with Gasteiger partial charge in [0.15, 0.2) is 0 Å². The molecule has 3 N–H and O–H groups in total. The van der Waals surface area contributed by atoms with Crippen LogP contribution in [0.4, 0.5) is 0 Å². The molecule has 1 aromatic carbocycles. The van der Waals surface area contributed by atoms with Crippen LogP contribution in [0.3, 0.4) is 0 Å². The minimum atomic E-state index is -0.455. The van der Waals surface area contributed by atoms with Crippen LogP contribution in [0.2, 0.25) is 0 Å². The van der Waals surface area contributed by atoms with Gasteiger partial charge in [0.05, 0.1) is 11.9 Å². The molecule has 0 saturated carbocycles. The van der Waals surface area contributed by atoms with Gasteiger partial charge >= 0.3 is 0 Å². The Hall–Kier alpha value is -2.40. The van der Waals surface area contributed by atoms with E-state index in [1.165, 1.54) is 0 Å². The average molecular weight is 271 g/mol. The van der Waals surface area contributed by atoms with Crippen LogP contribution in [-0.4, -0.2) is 17.9 Å². The molecule has 0 aliphatic heterocycles. The number of amides is 1. The Kier molecular flexibility index (Phi) is 4.32. The van der Waals surface area contributed by atoms with Gasteiger partial charge in [0.2, 0.25) is 5.91 Å². The quantitative estimate of drug-likeness (QED) is 0.874. The number of aromatic nitrogens is 1. The van der Waals surface area contributed by atoms with Gasteiger partial charge in [-0.2, -0.15) is 0 Å². The number of carbonyl (C=O) groups is 1. The van der Waals surface area contributed by atoms with E-state index in [-0.39, 0.29) is 6.04 Å². The third-order valence-electron chi connectivity index (χ3n) is 3.01. The fourth-order valence-electron chi connectivity index (χ4n) is 1.68. The molecule has 1 aromatic heterocycles. The maximum absolute atomic E-state index is 11.0. The average Bonchev–Trinajstić information content (AvgIpc) is 2.48. The summed E-state index contributed by atoms with van der Waals surface area (Å²) < 4.78 is 5.65. The van der Waals surface area contributed by atoms with E-state index in [4.69, 9.17) is 10.5 Å². The van der Waals surface area contributed by atoms with Crippen LogP contribution in [-0.2, 0) is 0 Å². The van der Waals surface area contributed by atoms with Crippen molar-refractivity contribution in [1.82, 2.24) is 10.3 Å². The zero-order chi connectivity index (χ0) is 14.5. The maximum Gasteiger partial charge on any atom is 0.248 e. The Morgan fingerprint density at radius 3 is 2.35 bits per heavy atom. The van der Waals surface area contributed by atoms with E-state index in [2.05, 4.69) is 10.3 Å². The summed E-state index contributed by atoms with van der Waals surface area (Å²) in [4.78, 5) is 15.3. The van der Waals surface area contributed by atoms with Crippen LogP contribution >= 0.6 is 0 Å². The van der Waals surface area contributed by atoms with Crippen molar-refractivity contribution in [3.63, 3.8) is 0 Å². The molecule has 2 aromatic rings. The Bertz CT molecular complexity index is 579. The summed E-state index contributed by atoms with van der Waals surface area (Å²) in [7, 11) is 1.89. The smallest absolute Gasteiger partial charge is 0.248 e. The Labute approximate surface area is 117 Å². The summed E-state index contributed by atoms with van der Waals surface area (Å²) in [5.74, 6) is 0.818. The third kappa shape index (κ3) is 3.33. The van der Waals surface area contributed by atoms with Crippen LogP contribution in [0.1, 0.15) is 29.0 Å². The fourth-order valence-corrected chi connectivity index (χ4v) is 1.68. The zero-order valence-electron chi connectivity index (χ0n) is 11.5.